The third-order valence-electron chi connectivity index (χ3n) is 4.88. The molecule has 1 aliphatic rings. The van der Waals surface area contributed by atoms with Gasteiger partial charge in [-0.2, -0.15) is 5.10 Å². The number of carbonyl (C=O) groups excluding carboxylic acids is 1. The summed E-state index contributed by atoms with van der Waals surface area (Å²) in [7, 11) is 0. The predicted octanol–water partition coefficient (Wildman–Crippen LogP) is 5.06. The van der Waals surface area contributed by atoms with Gasteiger partial charge in [-0.3, -0.25) is 0 Å². The standard InChI is InChI=1S/C22H19ClFN3O2/c1-3-29-22(28)19-13(2)26-21-18(20(19)14-4-6-15(23)7-5-14)12-25-27(21)17-10-8-16(24)9-11-17/h4-12,20,26H,3H2,1-2H3/t20-/m1/s1. The topological polar surface area (TPSA) is 56.1 Å². The molecule has 5 nitrogen and oxygen atoms in total. The van der Waals surface area contributed by atoms with Crippen molar-refractivity contribution in [1.82, 2.24) is 9.78 Å². The van der Waals surface area contributed by atoms with Crippen LogP contribution in [0.1, 0.15) is 30.9 Å². The number of allylic oxidation sites excluding steroid dienone is 1. The first-order valence-electron chi connectivity index (χ1n) is 9.23. The number of nitrogens with zero attached hydrogens (tertiary/aromatic N) is 2. The normalized spacial score (nSPS) is 15.7. The Morgan fingerprint density at radius 2 is 1.90 bits per heavy atom. The number of esters is 1. The minimum absolute atomic E-state index is 0.282. The molecule has 2 heterocycles. The minimum atomic E-state index is -0.377. The van der Waals surface area contributed by atoms with Crippen molar-refractivity contribution in [2.45, 2.75) is 19.8 Å². The molecule has 0 unspecified atom stereocenters. The maximum absolute atomic E-state index is 13.3. The van der Waals surface area contributed by atoms with Crippen LogP contribution in [0.5, 0.6) is 0 Å². The minimum Gasteiger partial charge on any atom is -0.463 e. The zero-order valence-corrected chi connectivity index (χ0v) is 16.7. The Balaban J connectivity index is 1.87. The molecule has 0 saturated carbocycles. The first kappa shape index (κ1) is 19.2. The Bertz CT molecular complexity index is 1090. The van der Waals surface area contributed by atoms with E-state index in [4.69, 9.17) is 16.3 Å². The summed E-state index contributed by atoms with van der Waals surface area (Å²) in [5.74, 6) is -0.334. The molecule has 3 aromatic rings. The van der Waals surface area contributed by atoms with Gasteiger partial charge in [-0.1, -0.05) is 23.7 Å². The fourth-order valence-corrected chi connectivity index (χ4v) is 3.70. The lowest BCUT2D eigenvalue weighted by atomic mass is 9.83. The van der Waals surface area contributed by atoms with Crippen LogP contribution >= 0.6 is 11.6 Å². The highest BCUT2D eigenvalue weighted by molar-refractivity contribution is 6.30. The monoisotopic (exact) mass is 411 g/mol. The Hall–Kier alpha value is -3.12. The molecular formula is C22H19ClFN3O2. The molecule has 0 aliphatic carbocycles. The van der Waals surface area contributed by atoms with Crippen LogP contribution in [0.3, 0.4) is 0 Å². The Labute approximate surface area is 172 Å². The Kier molecular flexibility index (Phi) is 5.11. The summed E-state index contributed by atoms with van der Waals surface area (Å²) in [5.41, 5.74) is 3.64. The lowest BCUT2D eigenvalue weighted by Crippen LogP contribution is -2.24. The molecule has 1 aromatic heterocycles. The van der Waals surface area contributed by atoms with E-state index in [1.54, 1.807) is 42.1 Å². The molecule has 7 heteroatoms. The van der Waals surface area contributed by atoms with Crippen LogP contribution in [0.4, 0.5) is 10.2 Å². The first-order valence-corrected chi connectivity index (χ1v) is 9.61. The quantitative estimate of drug-likeness (QED) is 0.610. The maximum Gasteiger partial charge on any atom is 0.336 e. The van der Waals surface area contributed by atoms with E-state index in [-0.39, 0.29) is 24.3 Å². The van der Waals surface area contributed by atoms with Crippen molar-refractivity contribution in [2.24, 2.45) is 0 Å². The van der Waals surface area contributed by atoms with Crippen LogP contribution < -0.4 is 5.32 Å². The van der Waals surface area contributed by atoms with Crippen molar-refractivity contribution >= 4 is 23.4 Å². The second kappa shape index (κ2) is 7.72. The van der Waals surface area contributed by atoms with Gasteiger partial charge in [0.25, 0.3) is 0 Å². The summed E-state index contributed by atoms with van der Waals surface area (Å²) in [4.78, 5) is 12.8. The lowest BCUT2D eigenvalue weighted by molar-refractivity contribution is -0.138. The van der Waals surface area contributed by atoms with Gasteiger partial charge in [0.05, 0.1) is 24.1 Å². The molecule has 0 bridgehead atoms. The number of halogens is 2. The van der Waals surface area contributed by atoms with Crippen molar-refractivity contribution < 1.29 is 13.9 Å². The first-order chi connectivity index (χ1) is 14.0. The maximum atomic E-state index is 13.3. The average molecular weight is 412 g/mol. The fraction of sp³-hybridized carbons (Fsp3) is 0.182. The number of rotatable bonds is 4. The van der Waals surface area contributed by atoms with Crippen LogP contribution in [0.25, 0.3) is 5.69 Å². The second-order valence-electron chi connectivity index (χ2n) is 6.71. The number of carbonyl (C=O) groups is 1. The number of hydrogen-bond donors (Lipinski definition) is 1. The van der Waals surface area contributed by atoms with Gasteiger partial charge in [0.2, 0.25) is 0 Å². The molecular weight excluding hydrogens is 393 g/mol. The van der Waals surface area contributed by atoms with E-state index < -0.39 is 0 Å². The van der Waals surface area contributed by atoms with Crippen molar-refractivity contribution in [3.63, 3.8) is 0 Å². The van der Waals surface area contributed by atoms with Gasteiger partial charge in [0, 0.05) is 22.2 Å². The Morgan fingerprint density at radius 1 is 1.21 bits per heavy atom. The van der Waals surface area contributed by atoms with Gasteiger partial charge < -0.3 is 10.1 Å². The molecule has 1 atom stereocenters. The molecule has 4 rings (SSSR count). The van der Waals surface area contributed by atoms with Crippen molar-refractivity contribution in [2.75, 3.05) is 11.9 Å². The molecule has 148 valence electrons. The second-order valence-corrected chi connectivity index (χ2v) is 7.14. The van der Waals surface area contributed by atoms with Crippen LogP contribution in [0.2, 0.25) is 5.02 Å². The van der Waals surface area contributed by atoms with Gasteiger partial charge in [0.1, 0.15) is 11.6 Å². The number of anilines is 1. The highest BCUT2D eigenvalue weighted by Crippen LogP contribution is 2.43. The molecule has 1 N–H and O–H groups in total. The van der Waals surface area contributed by atoms with Crippen molar-refractivity contribution in [3.05, 3.63) is 88.0 Å². The summed E-state index contributed by atoms with van der Waals surface area (Å²) in [5, 5.41) is 8.39. The molecule has 0 saturated heterocycles. The Morgan fingerprint density at radius 3 is 2.55 bits per heavy atom. The van der Waals surface area contributed by atoms with Crippen molar-refractivity contribution in [3.8, 4) is 5.69 Å². The molecule has 2 aromatic carbocycles. The number of hydrogen-bond acceptors (Lipinski definition) is 4. The lowest BCUT2D eigenvalue weighted by Gasteiger charge is -2.28. The highest BCUT2D eigenvalue weighted by Gasteiger charge is 2.35. The van der Waals surface area contributed by atoms with E-state index in [0.717, 1.165) is 16.9 Å². The van der Waals surface area contributed by atoms with Crippen LogP contribution in [0, 0.1) is 5.82 Å². The third kappa shape index (κ3) is 3.51. The van der Waals surface area contributed by atoms with Crippen LogP contribution in [-0.2, 0) is 9.53 Å². The summed E-state index contributed by atoms with van der Waals surface area (Å²) in [6.45, 7) is 3.89. The molecule has 0 spiro atoms. The summed E-state index contributed by atoms with van der Waals surface area (Å²) < 4.78 is 20.4. The zero-order valence-electron chi connectivity index (χ0n) is 15.9. The molecule has 0 radical (unpaired) electrons. The summed E-state index contributed by atoms with van der Waals surface area (Å²) in [6.07, 6.45) is 1.72. The summed E-state index contributed by atoms with van der Waals surface area (Å²) in [6, 6.07) is 13.4. The van der Waals surface area contributed by atoms with E-state index in [0.29, 0.717) is 22.0 Å². The predicted molar refractivity (Wildman–Crippen MR) is 110 cm³/mol. The average Bonchev–Trinajstić information content (AvgIpc) is 3.12. The number of benzene rings is 2. The van der Waals surface area contributed by atoms with Gasteiger partial charge >= 0.3 is 5.97 Å². The van der Waals surface area contributed by atoms with E-state index in [9.17, 15) is 9.18 Å². The largest absolute Gasteiger partial charge is 0.463 e. The molecule has 29 heavy (non-hydrogen) atoms. The summed E-state index contributed by atoms with van der Waals surface area (Å²) >= 11 is 6.06. The zero-order chi connectivity index (χ0) is 20.5. The number of fused-ring (bicyclic) bond motifs is 1. The number of ether oxygens (including phenoxy) is 1. The van der Waals surface area contributed by atoms with Gasteiger partial charge in [0.15, 0.2) is 0 Å². The highest BCUT2D eigenvalue weighted by atomic mass is 35.5. The third-order valence-corrected chi connectivity index (χ3v) is 5.13. The molecule has 0 amide bonds. The molecule has 1 aliphatic heterocycles. The van der Waals surface area contributed by atoms with Crippen LogP contribution in [0.15, 0.2) is 66.0 Å². The van der Waals surface area contributed by atoms with Gasteiger partial charge in [-0.15, -0.1) is 0 Å². The fourth-order valence-electron chi connectivity index (χ4n) is 3.57. The van der Waals surface area contributed by atoms with Gasteiger partial charge in [-0.05, 0) is 55.8 Å². The van der Waals surface area contributed by atoms with Crippen LogP contribution in [-0.4, -0.2) is 22.4 Å². The van der Waals surface area contributed by atoms with E-state index in [2.05, 4.69) is 10.4 Å². The number of nitrogens with one attached hydrogen (secondary N) is 1. The smallest absolute Gasteiger partial charge is 0.336 e. The van der Waals surface area contributed by atoms with E-state index >= 15 is 0 Å². The van der Waals surface area contributed by atoms with Crippen molar-refractivity contribution in [1.29, 1.82) is 0 Å². The van der Waals surface area contributed by atoms with E-state index in [1.807, 2.05) is 19.1 Å². The van der Waals surface area contributed by atoms with E-state index in [1.165, 1.54) is 12.1 Å². The van der Waals surface area contributed by atoms with Gasteiger partial charge in [-0.25, -0.2) is 13.9 Å². The SMILES string of the molecule is CCOC(=O)C1=C(C)Nc2c(cnn2-c2ccc(F)cc2)[C@H]1c1ccc(Cl)cc1. The number of aromatic nitrogens is 2. The molecule has 0 fully saturated rings.